The van der Waals surface area contributed by atoms with E-state index >= 15 is 0 Å². The molecule has 3 N–H and O–H groups in total. The van der Waals surface area contributed by atoms with Crippen LogP contribution in [0.3, 0.4) is 0 Å². The maximum atomic E-state index is 12.1. The molecule has 94 valence electrons. The Morgan fingerprint density at radius 2 is 1.61 bits per heavy atom. The molecule has 0 aliphatic heterocycles. The summed E-state index contributed by atoms with van der Waals surface area (Å²) in [6.07, 6.45) is 3.07. The molecular formula is C14H16N2O2. The van der Waals surface area contributed by atoms with Crippen LogP contribution in [0.25, 0.3) is 0 Å². The number of nitrogens with two attached hydrogens (primary N) is 1. The summed E-state index contributed by atoms with van der Waals surface area (Å²) < 4.78 is 0. The van der Waals surface area contributed by atoms with Gasteiger partial charge in [0.2, 0.25) is 5.91 Å². The number of amides is 2. The van der Waals surface area contributed by atoms with Crippen LogP contribution < -0.4 is 11.1 Å². The zero-order valence-corrected chi connectivity index (χ0v) is 10.1. The largest absolute Gasteiger partial charge is 0.366 e. The minimum absolute atomic E-state index is 0.213. The van der Waals surface area contributed by atoms with Crippen LogP contribution in [0.15, 0.2) is 41.5 Å². The topological polar surface area (TPSA) is 72.2 Å². The first-order valence-corrected chi connectivity index (χ1v) is 6.06. The zero-order valence-electron chi connectivity index (χ0n) is 10.1. The van der Waals surface area contributed by atoms with E-state index in [-0.39, 0.29) is 5.91 Å². The lowest BCUT2D eigenvalue weighted by Crippen LogP contribution is -2.24. The number of benzene rings is 1. The Balaban J connectivity index is 2.19. The second-order valence-electron chi connectivity index (χ2n) is 4.35. The van der Waals surface area contributed by atoms with Crippen molar-refractivity contribution in [2.75, 3.05) is 5.32 Å². The van der Waals surface area contributed by atoms with Crippen LogP contribution in [-0.4, -0.2) is 11.8 Å². The third-order valence-corrected chi connectivity index (χ3v) is 3.07. The molecule has 4 nitrogen and oxygen atoms in total. The van der Waals surface area contributed by atoms with Crippen LogP contribution in [0.5, 0.6) is 0 Å². The van der Waals surface area contributed by atoms with Crippen molar-refractivity contribution in [3.05, 3.63) is 41.5 Å². The monoisotopic (exact) mass is 244 g/mol. The van der Waals surface area contributed by atoms with Gasteiger partial charge in [0.15, 0.2) is 0 Å². The average Bonchev–Trinajstić information content (AvgIpc) is 2.40. The van der Waals surface area contributed by atoms with Gasteiger partial charge in [0.1, 0.15) is 0 Å². The number of nitrogens with one attached hydrogen (secondary N) is 1. The molecule has 0 saturated carbocycles. The van der Waals surface area contributed by atoms with E-state index in [0.717, 1.165) is 18.5 Å². The first-order chi connectivity index (χ1) is 8.68. The SMILES string of the molecule is NC(=O)C1=C(C(=O)Nc2ccccc2)CCCC1. The lowest BCUT2D eigenvalue weighted by atomic mass is 9.90. The molecule has 0 radical (unpaired) electrons. The summed E-state index contributed by atoms with van der Waals surface area (Å²) in [6.45, 7) is 0. The van der Waals surface area contributed by atoms with Crippen molar-refractivity contribution in [2.24, 2.45) is 5.73 Å². The van der Waals surface area contributed by atoms with Gasteiger partial charge in [-0.2, -0.15) is 0 Å². The Kier molecular flexibility index (Phi) is 3.77. The van der Waals surface area contributed by atoms with Crippen molar-refractivity contribution in [2.45, 2.75) is 25.7 Å². The van der Waals surface area contributed by atoms with Crippen LogP contribution in [0.2, 0.25) is 0 Å². The normalized spacial score (nSPS) is 15.3. The van der Waals surface area contributed by atoms with E-state index in [0.29, 0.717) is 24.0 Å². The fraction of sp³-hybridized carbons (Fsp3) is 0.286. The maximum Gasteiger partial charge on any atom is 0.252 e. The lowest BCUT2D eigenvalue weighted by Gasteiger charge is -2.17. The van der Waals surface area contributed by atoms with Gasteiger partial charge in [0.05, 0.1) is 0 Å². The van der Waals surface area contributed by atoms with Crippen molar-refractivity contribution in [3.63, 3.8) is 0 Å². The van der Waals surface area contributed by atoms with Crippen LogP contribution in [0, 0.1) is 0 Å². The van der Waals surface area contributed by atoms with Crippen LogP contribution >= 0.6 is 0 Å². The van der Waals surface area contributed by atoms with Crippen molar-refractivity contribution in [1.82, 2.24) is 0 Å². The molecule has 0 atom stereocenters. The number of carbonyl (C=O) groups is 2. The predicted molar refractivity (Wildman–Crippen MR) is 69.8 cm³/mol. The number of rotatable bonds is 3. The van der Waals surface area contributed by atoms with Crippen LogP contribution in [-0.2, 0) is 9.59 Å². The first-order valence-electron chi connectivity index (χ1n) is 6.06. The van der Waals surface area contributed by atoms with E-state index < -0.39 is 5.91 Å². The number of primary amides is 1. The van der Waals surface area contributed by atoms with Gasteiger partial charge in [-0.25, -0.2) is 0 Å². The molecule has 4 heteroatoms. The third-order valence-electron chi connectivity index (χ3n) is 3.07. The van der Waals surface area contributed by atoms with Gasteiger partial charge in [-0.3, -0.25) is 9.59 Å². The Morgan fingerprint density at radius 3 is 2.22 bits per heavy atom. The molecule has 18 heavy (non-hydrogen) atoms. The van der Waals surface area contributed by atoms with Crippen molar-refractivity contribution in [3.8, 4) is 0 Å². The highest BCUT2D eigenvalue weighted by Gasteiger charge is 2.22. The maximum absolute atomic E-state index is 12.1. The highest BCUT2D eigenvalue weighted by Crippen LogP contribution is 2.25. The van der Waals surface area contributed by atoms with E-state index in [9.17, 15) is 9.59 Å². The molecule has 2 rings (SSSR count). The summed E-state index contributed by atoms with van der Waals surface area (Å²) >= 11 is 0. The molecule has 0 fully saturated rings. The Hall–Kier alpha value is -2.10. The van der Waals surface area contributed by atoms with Gasteiger partial charge >= 0.3 is 0 Å². The number of hydrogen-bond donors (Lipinski definition) is 2. The summed E-state index contributed by atoms with van der Waals surface area (Å²) in [5.41, 5.74) is 7.06. The number of carbonyl (C=O) groups excluding carboxylic acids is 2. The molecular weight excluding hydrogens is 228 g/mol. The third kappa shape index (κ3) is 2.77. The molecule has 1 aliphatic rings. The smallest absolute Gasteiger partial charge is 0.252 e. The summed E-state index contributed by atoms with van der Waals surface area (Å²) in [6, 6.07) is 9.19. The van der Waals surface area contributed by atoms with E-state index in [1.807, 2.05) is 30.3 Å². The zero-order chi connectivity index (χ0) is 13.0. The minimum Gasteiger partial charge on any atom is -0.366 e. The fourth-order valence-electron chi connectivity index (χ4n) is 2.16. The highest BCUT2D eigenvalue weighted by atomic mass is 16.2. The molecule has 0 unspecified atom stereocenters. The quantitative estimate of drug-likeness (QED) is 0.853. The van der Waals surface area contributed by atoms with E-state index in [1.165, 1.54) is 0 Å². The second-order valence-corrected chi connectivity index (χ2v) is 4.35. The van der Waals surface area contributed by atoms with Gasteiger partial charge in [-0.1, -0.05) is 18.2 Å². The number of para-hydroxylation sites is 1. The molecule has 1 aromatic carbocycles. The molecule has 0 aromatic heterocycles. The lowest BCUT2D eigenvalue weighted by molar-refractivity contribution is -0.116. The van der Waals surface area contributed by atoms with E-state index in [4.69, 9.17) is 5.73 Å². The Bertz CT molecular complexity index is 492. The summed E-state index contributed by atoms with van der Waals surface area (Å²) in [7, 11) is 0. The van der Waals surface area contributed by atoms with Gasteiger partial charge in [-0.15, -0.1) is 0 Å². The first kappa shape index (κ1) is 12.4. The predicted octanol–water partition coefficient (Wildman–Crippen LogP) is 1.98. The van der Waals surface area contributed by atoms with Gasteiger partial charge in [-0.05, 0) is 37.8 Å². The van der Waals surface area contributed by atoms with Crippen molar-refractivity contribution >= 4 is 17.5 Å². The highest BCUT2D eigenvalue weighted by molar-refractivity contribution is 6.09. The molecule has 0 saturated heterocycles. The molecule has 1 aliphatic carbocycles. The second kappa shape index (κ2) is 5.49. The van der Waals surface area contributed by atoms with Gasteiger partial charge < -0.3 is 11.1 Å². The number of anilines is 1. The summed E-state index contributed by atoms with van der Waals surface area (Å²) in [5.74, 6) is -0.692. The van der Waals surface area contributed by atoms with Gasteiger partial charge in [0, 0.05) is 16.8 Å². The molecule has 0 heterocycles. The van der Waals surface area contributed by atoms with E-state index in [2.05, 4.69) is 5.32 Å². The number of hydrogen-bond acceptors (Lipinski definition) is 2. The standard InChI is InChI=1S/C14H16N2O2/c15-13(17)11-8-4-5-9-12(11)14(18)16-10-6-2-1-3-7-10/h1-3,6-7H,4-5,8-9H2,(H2,15,17)(H,16,18). The molecule has 1 aromatic rings. The van der Waals surface area contributed by atoms with Crippen LogP contribution in [0.1, 0.15) is 25.7 Å². The molecule has 0 bridgehead atoms. The summed E-state index contributed by atoms with van der Waals surface area (Å²) in [5, 5.41) is 2.79. The minimum atomic E-state index is -0.479. The fourth-order valence-corrected chi connectivity index (χ4v) is 2.16. The van der Waals surface area contributed by atoms with E-state index in [1.54, 1.807) is 0 Å². The Morgan fingerprint density at radius 1 is 1.00 bits per heavy atom. The molecule has 2 amide bonds. The Labute approximate surface area is 106 Å². The van der Waals surface area contributed by atoms with Crippen LogP contribution in [0.4, 0.5) is 5.69 Å². The van der Waals surface area contributed by atoms with Crippen molar-refractivity contribution in [1.29, 1.82) is 0 Å². The molecule has 0 spiro atoms. The average molecular weight is 244 g/mol. The van der Waals surface area contributed by atoms with Crippen molar-refractivity contribution < 1.29 is 9.59 Å². The summed E-state index contributed by atoms with van der Waals surface area (Å²) in [4.78, 5) is 23.4. The van der Waals surface area contributed by atoms with Gasteiger partial charge in [0.25, 0.3) is 5.91 Å².